The fourth-order valence-corrected chi connectivity index (χ4v) is 2.99. The number of benzene rings is 2. The van der Waals surface area contributed by atoms with Crippen molar-refractivity contribution in [2.75, 3.05) is 14.2 Å². The molecule has 5 heteroatoms. The Morgan fingerprint density at radius 1 is 1.14 bits per heavy atom. The molecular formula is C16H15BrClFO2. The predicted octanol–water partition coefficient (Wildman–Crippen LogP) is 5.18. The van der Waals surface area contributed by atoms with E-state index in [1.807, 2.05) is 24.3 Å². The van der Waals surface area contributed by atoms with E-state index in [2.05, 4.69) is 15.9 Å². The van der Waals surface area contributed by atoms with Crippen LogP contribution in [0.4, 0.5) is 4.39 Å². The molecule has 0 fully saturated rings. The molecule has 0 heterocycles. The lowest BCUT2D eigenvalue weighted by Crippen LogP contribution is -2.01. The Balaban J connectivity index is 2.31. The number of rotatable bonds is 5. The van der Waals surface area contributed by atoms with Crippen LogP contribution in [-0.2, 0) is 6.42 Å². The number of alkyl halides is 1. The van der Waals surface area contributed by atoms with E-state index in [9.17, 15) is 4.39 Å². The van der Waals surface area contributed by atoms with E-state index >= 15 is 0 Å². The Kier molecular flexibility index (Phi) is 5.48. The van der Waals surface area contributed by atoms with E-state index in [1.54, 1.807) is 6.07 Å². The number of hydrogen-bond acceptors (Lipinski definition) is 2. The highest BCUT2D eigenvalue weighted by molar-refractivity contribution is 9.09. The summed E-state index contributed by atoms with van der Waals surface area (Å²) in [4.78, 5) is -0.211. The summed E-state index contributed by atoms with van der Waals surface area (Å²) in [5.74, 6) is 0.523. The van der Waals surface area contributed by atoms with Gasteiger partial charge in [0.1, 0.15) is 5.82 Å². The predicted molar refractivity (Wildman–Crippen MR) is 86.3 cm³/mol. The molecule has 0 aliphatic carbocycles. The Morgan fingerprint density at radius 3 is 2.38 bits per heavy atom. The third kappa shape index (κ3) is 3.69. The van der Waals surface area contributed by atoms with Crippen molar-refractivity contribution in [3.05, 3.63) is 58.4 Å². The SMILES string of the molecule is COc1cc(F)c(C(Br)Cc2ccccc2Cl)cc1OC. The highest BCUT2D eigenvalue weighted by atomic mass is 79.9. The summed E-state index contributed by atoms with van der Waals surface area (Å²) < 4.78 is 24.5. The smallest absolute Gasteiger partial charge is 0.163 e. The van der Waals surface area contributed by atoms with Gasteiger partial charge in [-0.2, -0.15) is 0 Å². The summed E-state index contributed by atoms with van der Waals surface area (Å²) in [6, 6.07) is 10.5. The average Bonchev–Trinajstić information content (AvgIpc) is 2.49. The maximum Gasteiger partial charge on any atom is 0.163 e. The Labute approximate surface area is 137 Å². The van der Waals surface area contributed by atoms with Crippen molar-refractivity contribution in [2.45, 2.75) is 11.2 Å². The summed E-state index contributed by atoms with van der Waals surface area (Å²) >= 11 is 9.67. The van der Waals surface area contributed by atoms with Crippen molar-refractivity contribution in [1.29, 1.82) is 0 Å². The molecule has 1 unspecified atom stereocenters. The monoisotopic (exact) mass is 372 g/mol. The molecule has 0 saturated carbocycles. The van der Waals surface area contributed by atoms with Gasteiger partial charge in [0.25, 0.3) is 0 Å². The van der Waals surface area contributed by atoms with Crippen LogP contribution < -0.4 is 9.47 Å². The van der Waals surface area contributed by atoms with Gasteiger partial charge in [-0.3, -0.25) is 0 Å². The van der Waals surface area contributed by atoms with Crippen molar-refractivity contribution in [3.63, 3.8) is 0 Å². The molecule has 1 atom stereocenters. The number of methoxy groups -OCH3 is 2. The molecule has 0 spiro atoms. The lowest BCUT2D eigenvalue weighted by molar-refractivity contribution is 0.351. The molecule has 0 aliphatic heterocycles. The summed E-state index contributed by atoms with van der Waals surface area (Å²) in [7, 11) is 3.00. The Morgan fingerprint density at radius 2 is 1.76 bits per heavy atom. The van der Waals surface area contributed by atoms with Crippen LogP contribution in [0.2, 0.25) is 5.02 Å². The maximum absolute atomic E-state index is 14.2. The first-order valence-electron chi connectivity index (χ1n) is 6.35. The zero-order valence-corrected chi connectivity index (χ0v) is 14.0. The second kappa shape index (κ2) is 7.14. The van der Waals surface area contributed by atoms with Crippen LogP contribution >= 0.6 is 27.5 Å². The van der Waals surface area contributed by atoms with Gasteiger partial charge in [-0.25, -0.2) is 4.39 Å². The van der Waals surface area contributed by atoms with Gasteiger partial charge >= 0.3 is 0 Å². The van der Waals surface area contributed by atoms with E-state index in [0.717, 1.165) is 5.56 Å². The molecule has 0 radical (unpaired) electrons. The molecule has 0 N–H and O–H groups in total. The van der Waals surface area contributed by atoms with Crippen molar-refractivity contribution < 1.29 is 13.9 Å². The third-order valence-electron chi connectivity index (χ3n) is 3.20. The lowest BCUT2D eigenvalue weighted by Gasteiger charge is -2.15. The Bertz CT molecular complexity index is 634. The molecule has 2 aromatic rings. The van der Waals surface area contributed by atoms with Crippen LogP contribution in [-0.4, -0.2) is 14.2 Å². The van der Waals surface area contributed by atoms with Gasteiger partial charge in [-0.1, -0.05) is 45.7 Å². The van der Waals surface area contributed by atoms with Gasteiger partial charge in [0, 0.05) is 21.5 Å². The van der Waals surface area contributed by atoms with Crippen LogP contribution in [0.1, 0.15) is 16.0 Å². The first kappa shape index (κ1) is 16.1. The van der Waals surface area contributed by atoms with E-state index in [-0.39, 0.29) is 10.6 Å². The highest BCUT2D eigenvalue weighted by Crippen LogP contribution is 2.37. The van der Waals surface area contributed by atoms with Gasteiger partial charge < -0.3 is 9.47 Å². The van der Waals surface area contributed by atoms with Crippen LogP contribution in [0.5, 0.6) is 11.5 Å². The first-order valence-corrected chi connectivity index (χ1v) is 7.65. The normalized spacial score (nSPS) is 12.0. The van der Waals surface area contributed by atoms with Crippen LogP contribution in [0.25, 0.3) is 0 Å². The molecule has 0 bridgehead atoms. The van der Waals surface area contributed by atoms with E-state index in [1.165, 1.54) is 20.3 Å². The summed E-state index contributed by atoms with van der Waals surface area (Å²) in [6.07, 6.45) is 0.575. The van der Waals surface area contributed by atoms with Crippen molar-refractivity contribution in [3.8, 4) is 11.5 Å². The van der Waals surface area contributed by atoms with Gasteiger partial charge in [0.2, 0.25) is 0 Å². The summed E-state index contributed by atoms with van der Waals surface area (Å²) in [5.41, 5.74) is 1.46. The van der Waals surface area contributed by atoms with Crippen molar-refractivity contribution in [1.82, 2.24) is 0 Å². The molecule has 21 heavy (non-hydrogen) atoms. The van der Waals surface area contributed by atoms with E-state index < -0.39 is 0 Å². The van der Waals surface area contributed by atoms with E-state index in [4.69, 9.17) is 21.1 Å². The minimum Gasteiger partial charge on any atom is -0.493 e. The van der Waals surface area contributed by atoms with Gasteiger partial charge in [0.15, 0.2) is 11.5 Å². The molecule has 0 aromatic heterocycles. The first-order chi connectivity index (χ1) is 10.1. The van der Waals surface area contributed by atoms with Gasteiger partial charge in [-0.15, -0.1) is 0 Å². The van der Waals surface area contributed by atoms with Gasteiger partial charge in [0.05, 0.1) is 14.2 Å². The largest absolute Gasteiger partial charge is 0.493 e. The fraction of sp³-hybridized carbons (Fsp3) is 0.250. The zero-order chi connectivity index (χ0) is 15.4. The summed E-state index contributed by atoms with van der Waals surface area (Å²) in [6.45, 7) is 0. The molecule has 2 nitrogen and oxygen atoms in total. The average molecular weight is 374 g/mol. The lowest BCUT2D eigenvalue weighted by atomic mass is 10.0. The molecule has 0 aliphatic rings. The molecule has 2 aromatic carbocycles. The minimum atomic E-state index is -0.346. The third-order valence-corrected chi connectivity index (χ3v) is 4.38. The number of ether oxygens (including phenoxy) is 2. The minimum absolute atomic E-state index is 0.211. The second-order valence-corrected chi connectivity index (χ2v) is 6.00. The van der Waals surface area contributed by atoms with Crippen LogP contribution in [0, 0.1) is 5.82 Å². The maximum atomic E-state index is 14.2. The van der Waals surface area contributed by atoms with Crippen LogP contribution in [0.15, 0.2) is 36.4 Å². The zero-order valence-electron chi connectivity index (χ0n) is 11.7. The number of hydrogen-bond donors (Lipinski definition) is 0. The van der Waals surface area contributed by atoms with Gasteiger partial charge in [-0.05, 0) is 24.1 Å². The molecule has 0 saturated heterocycles. The fourth-order valence-electron chi connectivity index (χ4n) is 2.08. The quantitative estimate of drug-likeness (QED) is 0.673. The van der Waals surface area contributed by atoms with Crippen molar-refractivity contribution in [2.24, 2.45) is 0 Å². The second-order valence-electron chi connectivity index (χ2n) is 4.49. The van der Waals surface area contributed by atoms with Crippen LogP contribution in [0.3, 0.4) is 0 Å². The summed E-state index contributed by atoms with van der Waals surface area (Å²) in [5, 5.41) is 0.669. The molecule has 2 rings (SSSR count). The Hall–Kier alpha value is -1.26. The topological polar surface area (TPSA) is 18.5 Å². The van der Waals surface area contributed by atoms with Crippen molar-refractivity contribution >= 4 is 27.5 Å². The molecule has 0 amide bonds. The standard InChI is InChI=1S/C16H15BrClFO2/c1-20-15-8-11(14(19)9-16(15)21-2)12(17)7-10-5-3-4-6-13(10)18/h3-6,8-9,12H,7H2,1-2H3. The van der Waals surface area contributed by atoms with E-state index in [0.29, 0.717) is 28.5 Å². The highest BCUT2D eigenvalue weighted by Gasteiger charge is 2.18. The number of halogens is 3. The molecular weight excluding hydrogens is 359 g/mol. The molecule has 112 valence electrons.